The van der Waals surface area contributed by atoms with Crippen LogP contribution in [0.5, 0.6) is 0 Å². The van der Waals surface area contributed by atoms with Crippen LogP contribution in [-0.2, 0) is 9.59 Å². The Labute approximate surface area is 115 Å². The molecule has 0 aromatic heterocycles. The van der Waals surface area contributed by atoms with E-state index in [4.69, 9.17) is 0 Å². The van der Waals surface area contributed by atoms with Crippen LogP contribution < -0.4 is 5.32 Å². The van der Waals surface area contributed by atoms with Gasteiger partial charge in [0.05, 0.1) is 0 Å². The summed E-state index contributed by atoms with van der Waals surface area (Å²) >= 11 is 0. The molecule has 4 nitrogen and oxygen atoms in total. The highest BCUT2D eigenvalue weighted by atomic mass is 16.2. The SMILES string of the molecule is CCC1CCCC(N2CCC(=O)NC(CC)C2=O)C1. The predicted octanol–water partition coefficient (Wildman–Crippen LogP) is 2.08. The fourth-order valence-corrected chi connectivity index (χ4v) is 3.42. The number of hydrogen-bond donors (Lipinski definition) is 1. The van der Waals surface area contributed by atoms with E-state index in [-0.39, 0.29) is 17.9 Å². The van der Waals surface area contributed by atoms with Gasteiger partial charge >= 0.3 is 0 Å². The van der Waals surface area contributed by atoms with Gasteiger partial charge in [-0.25, -0.2) is 0 Å². The summed E-state index contributed by atoms with van der Waals surface area (Å²) < 4.78 is 0. The quantitative estimate of drug-likeness (QED) is 0.850. The predicted molar refractivity (Wildman–Crippen MR) is 74.6 cm³/mol. The molecule has 1 N–H and O–H groups in total. The molecule has 4 heteroatoms. The van der Waals surface area contributed by atoms with Crippen molar-refractivity contribution in [2.45, 2.75) is 70.9 Å². The lowest BCUT2D eigenvalue weighted by Gasteiger charge is -2.37. The van der Waals surface area contributed by atoms with E-state index in [9.17, 15) is 9.59 Å². The number of hydrogen-bond acceptors (Lipinski definition) is 2. The minimum absolute atomic E-state index is 0.0190. The highest BCUT2D eigenvalue weighted by molar-refractivity contribution is 5.90. The summed E-state index contributed by atoms with van der Waals surface area (Å²) in [6, 6.07) is 0.0463. The maximum absolute atomic E-state index is 12.5. The van der Waals surface area contributed by atoms with Gasteiger partial charge in [0.2, 0.25) is 11.8 Å². The van der Waals surface area contributed by atoms with E-state index in [1.807, 2.05) is 11.8 Å². The summed E-state index contributed by atoms with van der Waals surface area (Å²) in [5.41, 5.74) is 0. The Bertz CT molecular complexity index is 343. The Balaban J connectivity index is 2.08. The zero-order valence-electron chi connectivity index (χ0n) is 12.2. The minimum Gasteiger partial charge on any atom is -0.344 e. The second kappa shape index (κ2) is 6.40. The highest BCUT2D eigenvalue weighted by Gasteiger charge is 2.34. The van der Waals surface area contributed by atoms with Crippen LogP contribution >= 0.6 is 0 Å². The first-order valence-corrected chi connectivity index (χ1v) is 7.75. The molecule has 1 aliphatic carbocycles. The van der Waals surface area contributed by atoms with Crippen LogP contribution in [-0.4, -0.2) is 35.3 Å². The third-order valence-electron chi connectivity index (χ3n) is 4.68. The standard InChI is InChI=1S/C15H26N2O2/c1-3-11-6-5-7-12(10-11)17-9-8-14(18)16-13(4-2)15(17)19/h11-13H,3-10H2,1-2H3,(H,16,18). The van der Waals surface area contributed by atoms with Crippen LogP contribution in [0.4, 0.5) is 0 Å². The van der Waals surface area contributed by atoms with E-state index in [2.05, 4.69) is 12.2 Å². The molecule has 1 saturated heterocycles. The lowest BCUT2D eigenvalue weighted by Crippen LogP contribution is -2.49. The Morgan fingerprint density at radius 1 is 1.21 bits per heavy atom. The van der Waals surface area contributed by atoms with Crippen molar-refractivity contribution < 1.29 is 9.59 Å². The van der Waals surface area contributed by atoms with Crippen molar-refractivity contribution in [2.24, 2.45) is 5.92 Å². The summed E-state index contributed by atoms with van der Waals surface area (Å²) in [6.45, 7) is 4.79. The minimum atomic E-state index is -0.308. The van der Waals surface area contributed by atoms with Crippen molar-refractivity contribution in [3.8, 4) is 0 Å². The number of carbonyl (C=O) groups is 2. The lowest BCUT2D eigenvalue weighted by atomic mass is 9.83. The summed E-state index contributed by atoms with van der Waals surface area (Å²) in [5, 5.41) is 2.84. The Hall–Kier alpha value is -1.06. The summed E-state index contributed by atoms with van der Waals surface area (Å²) in [5.74, 6) is 0.902. The first-order valence-electron chi connectivity index (χ1n) is 7.75. The number of rotatable bonds is 3. The molecule has 3 atom stereocenters. The van der Waals surface area contributed by atoms with Gasteiger partial charge in [0.25, 0.3) is 0 Å². The average molecular weight is 266 g/mol. The summed E-state index contributed by atoms with van der Waals surface area (Å²) in [7, 11) is 0. The molecule has 2 amide bonds. The maximum atomic E-state index is 12.5. The molecule has 1 heterocycles. The van der Waals surface area contributed by atoms with Gasteiger partial charge in [-0.3, -0.25) is 9.59 Å². The molecule has 19 heavy (non-hydrogen) atoms. The zero-order chi connectivity index (χ0) is 13.8. The number of amides is 2. The number of nitrogens with one attached hydrogen (secondary N) is 1. The molecule has 2 fully saturated rings. The smallest absolute Gasteiger partial charge is 0.245 e. The third-order valence-corrected chi connectivity index (χ3v) is 4.68. The van der Waals surface area contributed by atoms with Gasteiger partial charge in [-0.15, -0.1) is 0 Å². The third kappa shape index (κ3) is 3.28. The van der Waals surface area contributed by atoms with Crippen molar-refractivity contribution in [1.82, 2.24) is 10.2 Å². The molecule has 3 unspecified atom stereocenters. The van der Waals surface area contributed by atoms with E-state index in [1.165, 1.54) is 19.3 Å². The first-order chi connectivity index (χ1) is 9.15. The van der Waals surface area contributed by atoms with Gasteiger partial charge in [0.1, 0.15) is 6.04 Å². The maximum Gasteiger partial charge on any atom is 0.245 e. The van der Waals surface area contributed by atoms with Gasteiger partial charge < -0.3 is 10.2 Å². The molecule has 0 aromatic carbocycles. The summed E-state index contributed by atoms with van der Waals surface area (Å²) in [6.07, 6.45) is 7.07. The molecule has 1 saturated carbocycles. The number of nitrogens with zero attached hydrogens (tertiary/aromatic N) is 1. The molecule has 108 valence electrons. The van der Waals surface area contributed by atoms with E-state index < -0.39 is 0 Å². The van der Waals surface area contributed by atoms with Crippen molar-refractivity contribution in [3.05, 3.63) is 0 Å². The van der Waals surface area contributed by atoms with Crippen LogP contribution in [0.3, 0.4) is 0 Å². The van der Waals surface area contributed by atoms with Crippen LogP contribution in [0.1, 0.15) is 58.8 Å². The van der Waals surface area contributed by atoms with Gasteiger partial charge in [-0.1, -0.05) is 33.1 Å². The van der Waals surface area contributed by atoms with E-state index in [0.717, 1.165) is 18.8 Å². The number of carbonyl (C=O) groups excluding carboxylic acids is 2. The van der Waals surface area contributed by atoms with Crippen molar-refractivity contribution in [3.63, 3.8) is 0 Å². The van der Waals surface area contributed by atoms with E-state index >= 15 is 0 Å². The largest absolute Gasteiger partial charge is 0.344 e. The summed E-state index contributed by atoms with van der Waals surface area (Å²) in [4.78, 5) is 26.2. The van der Waals surface area contributed by atoms with Crippen molar-refractivity contribution >= 4 is 11.8 Å². The second-order valence-electron chi connectivity index (χ2n) is 5.90. The van der Waals surface area contributed by atoms with Crippen molar-refractivity contribution in [2.75, 3.05) is 6.54 Å². The van der Waals surface area contributed by atoms with Crippen LogP contribution in [0, 0.1) is 5.92 Å². The van der Waals surface area contributed by atoms with Gasteiger partial charge in [-0.05, 0) is 25.2 Å². The first kappa shape index (κ1) is 14.4. The van der Waals surface area contributed by atoms with Gasteiger partial charge in [-0.2, -0.15) is 0 Å². The molecule has 0 bridgehead atoms. The van der Waals surface area contributed by atoms with Gasteiger partial charge in [0, 0.05) is 19.0 Å². The molecule has 2 rings (SSSR count). The highest BCUT2D eigenvalue weighted by Crippen LogP contribution is 2.30. The molecule has 0 spiro atoms. The van der Waals surface area contributed by atoms with E-state index in [0.29, 0.717) is 25.4 Å². The lowest BCUT2D eigenvalue weighted by molar-refractivity contribution is -0.136. The van der Waals surface area contributed by atoms with Crippen LogP contribution in [0.15, 0.2) is 0 Å². The van der Waals surface area contributed by atoms with Crippen molar-refractivity contribution in [1.29, 1.82) is 0 Å². The Kier molecular flexibility index (Phi) is 4.83. The zero-order valence-corrected chi connectivity index (χ0v) is 12.2. The topological polar surface area (TPSA) is 49.4 Å². The van der Waals surface area contributed by atoms with Crippen LogP contribution in [0.2, 0.25) is 0 Å². The molecular formula is C15H26N2O2. The fraction of sp³-hybridized carbons (Fsp3) is 0.867. The monoisotopic (exact) mass is 266 g/mol. The Morgan fingerprint density at radius 3 is 2.68 bits per heavy atom. The molecule has 0 aromatic rings. The second-order valence-corrected chi connectivity index (χ2v) is 5.90. The molecule has 2 aliphatic rings. The Morgan fingerprint density at radius 2 is 2.00 bits per heavy atom. The van der Waals surface area contributed by atoms with E-state index in [1.54, 1.807) is 0 Å². The van der Waals surface area contributed by atoms with Gasteiger partial charge in [0.15, 0.2) is 0 Å². The normalized spacial score (nSPS) is 32.9. The molecule has 1 aliphatic heterocycles. The molecule has 0 radical (unpaired) electrons. The average Bonchev–Trinajstić information content (AvgIpc) is 2.58. The fourth-order valence-electron chi connectivity index (χ4n) is 3.42. The van der Waals surface area contributed by atoms with Crippen LogP contribution in [0.25, 0.3) is 0 Å². The molecular weight excluding hydrogens is 240 g/mol.